The summed E-state index contributed by atoms with van der Waals surface area (Å²) in [5, 5.41) is 6.27. The highest BCUT2D eigenvalue weighted by Crippen LogP contribution is 2.30. The van der Waals surface area contributed by atoms with Crippen molar-refractivity contribution in [3.8, 4) is 5.75 Å². The third-order valence-corrected chi connectivity index (χ3v) is 4.83. The van der Waals surface area contributed by atoms with Gasteiger partial charge in [-0.15, -0.1) is 0 Å². The lowest BCUT2D eigenvalue weighted by Gasteiger charge is -2.12. The van der Waals surface area contributed by atoms with Crippen molar-refractivity contribution in [3.63, 3.8) is 0 Å². The number of aryl methyl sites for hydroxylation is 1. The fourth-order valence-corrected chi connectivity index (χ4v) is 3.39. The van der Waals surface area contributed by atoms with Gasteiger partial charge in [-0.1, -0.05) is 43.0 Å². The number of hydrogen-bond acceptors (Lipinski definition) is 4. The smallest absolute Gasteiger partial charge is 0.260 e. The number of hydrogen-bond donors (Lipinski definition) is 2. The molecule has 4 nitrogen and oxygen atoms in total. The molecule has 3 rings (SSSR count). The van der Waals surface area contributed by atoms with E-state index in [1.807, 2.05) is 42.5 Å². The van der Waals surface area contributed by atoms with Crippen molar-refractivity contribution in [2.75, 3.05) is 12.4 Å². The maximum Gasteiger partial charge on any atom is 0.260 e. The van der Waals surface area contributed by atoms with E-state index in [-0.39, 0.29) is 11.4 Å². The van der Waals surface area contributed by atoms with Crippen LogP contribution in [-0.2, 0) is 11.2 Å². The van der Waals surface area contributed by atoms with Crippen molar-refractivity contribution in [2.45, 2.75) is 18.8 Å². The summed E-state index contributed by atoms with van der Waals surface area (Å²) in [5.41, 5.74) is 3.11. The number of benzene rings is 2. The molecule has 1 aliphatic heterocycles. The van der Waals surface area contributed by atoms with Crippen LogP contribution < -0.4 is 15.4 Å². The quantitative estimate of drug-likeness (QED) is 0.812. The van der Waals surface area contributed by atoms with E-state index >= 15 is 0 Å². The molecule has 1 fully saturated rings. The van der Waals surface area contributed by atoms with Crippen molar-refractivity contribution in [1.82, 2.24) is 5.32 Å². The number of thioether (sulfide) groups is 1. The van der Waals surface area contributed by atoms with Crippen LogP contribution in [0, 0.1) is 0 Å². The van der Waals surface area contributed by atoms with Crippen LogP contribution in [0.4, 0.5) is 5.69 Å². The zero-order chi connectivity index (χ0) is 16.9. The normalized spacial score (nSPS) is 18.5. The van der Waals surface area contributed by atoms with Gasteiger partial charge in [0.15, 0.2) is 5.50 Å². The molecule has 1 heterocycles. The Morgan fingerprint density at radius 1 is 1.17 bits per heavy atom. The Bertz CT molecular complexity index is 739. The molecule has 1 atom stereocenters. The number of carbonyl (C=O) groups is 1. The average molecular weight is 340 g/mol. The Kier molecular flexibility index (Phi) is 5.11. The van der Waals surface area contributed by atoms with Crippen LogP contribution in [0.1, 0.15) is 18.1 Å². The zero-order valence-corrected chi connectivity index (χ0v) is 14.5. The van der Waals surface area contributed by atoms with E-state index in [0.29, 0.717) is 4.91 Å². The molecule has 5 heteroatoms. The van der Waals surface area contributed by atoms with Crippen LogP contribution in [0.3, 0.4) is 0 Å². The van der Waals surface area contributed by atoms with Gasteiger partial charge in [-0.25, -0.2) is 0 Å². The Balaban J connectivity index is 1.66. The van der Waals surface area contributed by atoms with Crippen LogP contribution in [0.2, 0.25) is 0 Å². The molecule has 1 aliphatic rings. The van der Waals surface area contributed by atoms with Crippen LogP contribution in [0.5, 0.6) is 5.75 Å². The number of ether oxygens (including phenoxy) is 1. The Labute approximate surface area is 146 Å². The molecule has 1 amide bonds. The predicted molar refractivity (Wildman–Crippen MR) is 99.9 cm³/mol. The molecular formula is C19H20N2O2S. The molecule has 0 radical (unpaired) electrons. The van der Waals surface area contributed by atoms with Gasteiger partial charge in [0.1, 0.15) is 5.75 Å². The fourth-order valence-electron chi connectivity index (χ4n) is 2.40. The Morgan fingerprint density at radius 2 is 1.88 bits per heavy atom. The second-order valence-electron chi connectivity index (χ2n) is 5.45. The number of carbonyl (C=O) groups excluding carboxylic acids is 1. The number of methoxy groups -OCH3 is 1. The van der Waals surface area contributed by atoms with Crippen molar-refractivity contribution in [1.29, 1.82) is 0 Å². The van der Waals surface area contributed by atoms with Gasteiger partial charge in [-0.05, 0) is 47.9 Å². The van der Waals surface area contributed by atoms with Crippen molar-refractivity contribution >= 4 is 29.4 Å². The van der Waals surface area contributed by atoms with Crippen molar-refractivity contribution in [2.24, 2.45) is 0 Å². The number of amides is 1. The molecule has 2 aromatic carbocycles. The van der Waals surface area contributed by atoms with E-state index in [2.05, 4.69) is 29.7 Å². The lowest BCUT2D eigenvalue weighted by Crippen LogP contribution is -2.30. The van der Waals surface area contributed by atoms with Gasteiger partial charge in [-0.3, -0.25) is 4.79 Å². The molecule has 24 heavy (non-hydrogen) atoms. The van der Waals surface area contributed by atoms with E-state index < -0.39 is 0 Å². The SMILES string of the molecule is CCc1ccc(N[C@H]2NC(=O)/C(=C/c3ccc(OC)cc3)S2)cc1. The van der Waals surface area contributed by atoms with Gasteiger partial charge in [0.05, 0.1) is 12.0 Å². The van der Waals surface area contributed by atoms with E-state index in [4.69, 9.17) is 4.74 Å². The van der Waals surface area contributed by atoms with E-state index in [9.17, 15) is 4.79 Å². The highest BCUT2D eigenvalue weighted by molar-refractivity contribution is 8.05. The highest BCUT2D eigenvalue weighted by Gasteiger charge is 2.26. The van der Waals surface area contributed by atoms with Crippen LogP contribution >= 0.6 is 11.8 Å². The van der Waals surface area contributed by atoms with Gasteiger partial charge in [0, 0.05) is 5.69 Å². The Hall–Kier alpha value is -2.40. The van der Waals surface area contributed by atoms with E-state index in [0.717, 1.165) is 23.4 Å². The lowest BCUT2D eigenvalue weighted by atomic mass is 10.1. The molecule has 0 unspecified atom stereocenters. The first-order valence-electron chi connectivity index (χ1n) is 7.86. The second kappa shape index (κ2) is 7.45. The minimum absolute atomic E-state index is 0.0569. The molecule has 0 aromatic heterocycles. The summed E-state index contributed by atoms with van der Waals surface area (Å²) in [4.78, 5) is 12.8. The van der Waals surface area contributed by atoms with Crippen LogP contribution in [0.15, 0.2) is 53.4 Å². The molecule has 2 N–H and O–H groups in total. The molecule has 0 bridgehead atoms. The monoisotopic (exact) mass is 340 g/mol. The second-order valence-corrected chi connectivity index (χ2v) is 6.59. The maximum atomic E-state index is 12.1. The third kappa shape index (κ3) is 3.92. The molecule has 0 aliphatic carbocycles. The number of nitrogens with one attached hydrogen (secondary N) is 2. The summed E-state index contributed by atoms with van der Waals surface area (Å²) in [6.07, 6.45) is 2.91. The summed E-state index contributed by atoms with van der Waals surface area (Å²) in [5.74, 6) is 0.745. The fraction of sp³-hybridized carbons (Fsp3) is 0.211. The van der Waals surface area contributed by atoms with Crippen molar-refractivity contribution < 1.29 is 9.53 Å². The lowest BCUT2D eigenvalue weighted by molar-refractivity contribution is -0.116. The summed E-state index contributed by atoms with van der Waals surface area (Å²) in [6, 6.07) is 15.9. The topological polar surface area (TPSA) is 50.4 Å². The summed E-state index contributed by atoms with van der Waals surface area (Å²) >= 11 is 1.49. The number of rotatable bonds is 5. The van der Waals surface area contributed by atoms with Gasteiger partial charge in [-0.2, -0.15) is 0 Å². The minimum Gasteiger partial charge on any atom is -0.497 e. The van der Waals surface area contributed by atoms with Crippen molar-refractivity contribution in [3.05, 3.63) is 64.6 Å². The largest absolute Gasteiger partial charge is 0.497 e. The highest BCUT2D eigenvalue weighted by atomic mass is 32.2. The predicted octanol–water partition coefficient (Wildman–Crippen LogP) is 3.86. The number of anilines is 1. The van der Waals surface area contributed by atoms with Gasteiger partial charge < -0.3 is 15.4 Å². The molecule has 124 valence electrons. The summed E-state index contributed by atoms with van der Waals surface area (Å²) in [6.45, 7) is 2.13. The molecular weight excluding hydrogens is 320 g/mol. The Morgan fingerprint density at radius 3 is 2.50 bits per heavy atom. The maximum absolute atomic E-state index is 12.1. The van der Waals surface area contributed by atoms with E-state index in [1.54, 1.807) is 7.11 Å². The van der Waals surface area contributed by atoms with E-state index in [1.165, 1.54) is 17.3 Å². The van der Waals surface area contributed by atoms with Gasteiger partial charge >= 0.3 is 0 Å². The molecule has 2 aromatic rings. The summed E-state index contributed by atoms with van der Waals surface area (Å²) in [7, 11) is 1.64. The van der Waals surface area contributed by atoms with Crippen LogP contribution in [-0.4, -0.2) is 18.5 Å². The zero-order valence-electron chi connectivity index (χ0n) is 13.7. The first-order chi connectivity index (χ1) is 11.7. The molecule has 0 spiro atoms. The van der Waals surface area contributed by atoms with Crippen LogP contribution in [0.25, 0.3) is 6.08 Å². The standard InChI is InChI=1S/C19H20N2O2S/c1-3-13-4-8-15(9-5-13)20-19-21-18(22)17(24-19)12-14-6-10-16(23-2)11-7-14/h4-12,19-20H,3H2,1-2H3,(H,21,22)/b17-12-/t19-/m0/s1. The first kappa shape index (κ1) is 16.5. The minimum atomic E-state index is -0.158. The molecule has 1 saturated heterocycles. The average Bonchev–Trinajstić information content (AvgIpc) is 2.95. The summed E-state index contributed by atoms with van der Waals surface area (Å²) < 4.78 is 5.14. The first-order valence-corrected chi connectivity index (χ1v) is 8.74. The van der Waals surface area contributed by atoms with Gasteiger partial charge in [0.2, 0.25) is 0 Å². The van der Waals surface area contributed by atoms with Gasteiger partial charge in [0.25, 0.3) is 5.91 Å². The third-order valence-electron chi connectivity index (χ3n) is 3.80. The molecule has 0 saturated carbocycles.